The molecule has 348 valence electrons. The number of quaternary nitrogens is 1. The zero-order valence-corrected chi connectivity index (χ0v) is 38.8. The molecule has 0 fully saturated rings. The maximum absolute atomic E-state index is 12.7. The number of hydrogen-bond donors (Lipinski definition) is 3. The number of allylic oxidation sites excluding steroid dienone is 13. The Hall–Kier alpha value is -3.19. The second-order valence-electron chi connectivity index (χ2n) is 15.9. The minimum atomic E-state index is -4.74. The van der Waals surface area contributed by atoms with Crippen molar-refractivity contribution in [1.29, 1.82) is 0 Å². The molecule has 0 aliphatic carbocycles. The molecule has 0 saturated heterocycles. The van der Waals surface area contributed by atoms with E-state index in [0.29, 0.717) is 30.3 Å². The average Bonchev–Trinajstić information content (AvgIpc) is 3.20. The van der Waals surface area contributed by atoms with E-state index in [2.05, 4.69) is 37.3 Å². The van der Waals surface area contributed by atoms with Gasteiger partial charge < -0.3 is 43.2 Å². The smallest absolute Gasteiger partial charge is 0.306 e. The fourth-order valence-electron chi connectivity index (χ4n) is 5.30. The second-order valence-corrected chi connectivity index (χ2v) is 17.3. The predicted molar refractivity (Wildman–Crippen MR) is 244 cm³/mol. The third-order valence-electron chi connectivity index (χ3n) is 8.93. The number of rotatable bonds is 38. The molecule has 12 nitrogen and oxygen atoms in total. The van der Waals surface area contributed by atoms with Crippen LogP contribution in [0.1, 0.15) is 123 Å². The van der Waals surface area contributed by atoms with E-state index in [-0.39, 0.29) is 32.3 Å². The van der Waals surface area contributed by atoms with E-state index < -0.39 is 57.4 Å². The highest BCUT2D eigenvalue weighted by molar-refractivity contribution is 7.45. The van der Waals surface area contributed by atoms with Crippen LogP contribution in [0.2, 0.25) is 0 Å². The summed E-state index contributed by atoms with van der Waals surface area (Å²) in [4.78, 5) is 37.6. The minimum absolute atomic E-state index is 0.0816. The van der Waals surface area contributed by atoms with Gasteiger partial charge in [0.05, 0.1) is 46.1 Å². The van der Waals surface area contributed by atoms with Crippen LogP contribution in [0.25, 0.3) is 0 Å². The zero-order valence-electron chi connectivity index (χ0n) is 37.9. The first kappa shape index (κ1) is 57.8. The molecule has 0 amide bonds. The number of hydrogen-bond acceptors (Lipinski definition) is 11. The Morgan fingerprint density at radius 3 is 1.92 bits per heavy atom. The van der Waals surface area contributed by atoms with Gasteiger partial charge in [0.2, 0.25) is 0 Å². The van der Waals surface area contributed by atoms with Crippen LogP contribution in [0.3, 0.4) is 0 Å². The largest absolute Gasteiger partial charge is 0.756 e. The van der Waals surface area contributed by atoms with Crippen molar-refractivity contribution in [1.82, 2.24) is 0 Å². The highest BCUT2D eigenvalue weighted by atomic mass is 31.2. The summed E-state index contributed by atoms with van der Waals surface area (Å²) in [5, 5.41) is 30.5. The van der Waals surface area contributed by atoms with Crippen molar-refractivity contribution in [3.8, 4) is 0 Å². The summed E-state index contributed by atoms with van der Waals surface area (Å²) in [5.41, 5.74) is 0. The highest BCUT2D eigenvalue weighted by Crippen LogP contribution is 2.38. The lowest BCUT2D eigenvalue weighted by Gasteiger charge is -2.28. The van der Waals surface area contributed by atoms with Gasteiger partial charge in [0, 0.05) is 12.8 Å². The van der Waals surface area contributed by atoms with Crippen molar-refractivity contribution in [3.63, 3.8) is 0 Å². The van der Waals surface area contributed by atoms with Crippen molar-refractivity contribution < 1.29 is 57.4 Å². The molecule has 0 aromatic heterocycles. The lowest BCUT2D eigenvalue weighted by atomic mass is 10.1. The van der Waals surface area contributed by atoms with Gasteiger partial charge in [-0.05, 0) is 64.2 Å². The van der Waals surface area contributed by atoms with Gasteiger partial charge in [-0.15, -0.1) is 0 Å². The molecule has 1 unspecified atom stereocenters. The van der Waals surface area contributed by atoms with Crippen molar-refractivity contribution in [2.75, 3.05) is 47.5 Å². The molecule has 0 aliphatic rings. The number of phosphoric acid groups is 1. The summed E-state index contributed by atoms with van der Waals surface area (Å²) in [6, 6.07) is 0. The van der Waals surface area contributed by atoms with E-state index in [1.165, 1.54) is 44.6 Å². The van der Waals surface area contributed by atoms with Crippen LogP contribution in [0.4, 0.5) is 0 Å². The molecule has 0 saturated carbocycles. The molecule has 0 rings (SSSR count). The molecular weight excluding hydrogens is 797 g/mol. The quantitative estimate of drug-likeness (QED) is 0.0135. The number of esters is 2. The molecule has 0 aliphatic heterocycles. The first-order valence-electron chi connectivity index (χ1n) is 22.3. The first-order valence-corrected chi connectivity index (χ1v) is 23.7. The highest BCUT2D eigenvalue weighted by Gasteiger charge is 2.22. The summed E-state index contributed by atoms with van der Waals surface area (Å²) in [5.74, 6) is -1.24. The van der Waals surface area contributed by atoms with Crippen LogP contribution in [-0.4, -0.2) is 104 Å². The van der Waals surface area contributed by atoms with Gasteiger partial charge in [-0.1, -0.05) is 143 Å². The lowest BCUT2D eigenvalue weighted by molar-refractivity contribution is -0.870. The van der Waals surface area contributed by atoms with Gasteiger partial charge in [0.25, 0.3) is 7.82 Å². The monoisotopic (exact) mass is 878 g/mol. The molecule has 61 heavy (non-hydrogen) atoms. The number of carbonyl (C=O) groups excluding carboxylic acids is 2. The van der Waals surface area contributed by atoms with Crippen LogP contribution < -0.4 is 4.89 Å². The molecule has 5 atom stereocenters. The summed E-state index contributed by atoms with van der Waals surface area (Å²) in [6.07, 6.45) is 39.6. The fourth-order valence-corrected chi connectivity index (χ4v) is 6.03. The Balaban J connectivity index is 4.79. The van der Waals surface area contributed by atoms with Gasteiger partial charge in [-0.3, -0.25) is 14.2 Å². The Morgan fingerprint density at radius 2 is 1.26 bits per heavy atom. The Labute approximate surface area is 368 Å². The van der Waals surface area contributed by atoms with Crippen LogP contribution in [0.15, 0.2) is 97.2 Å². The van der Waals surface area contributed by atoms with E-state index in [9.17, 15) is 34.4 Å². The summed E-state index contributed by atoms with van der Waals surface area (Å²) >= 11 is 0. The van der Waals surface area contributed by atoms with Gasteiger partial charge in [0.1, 0.15) is 19.8 Å². The van der Waals surface area contributed by atoms with Crippen molar-refractivity contribution in [3.05, 3.63) is 97.2 Å². The number of phosphoric ester groups is 1. The van der Waals surface area contributed by atoms with Crippen molar-refractivity contribution in [2.24, 2.45) is 0 Å². The molecule has 0 radical (unpaired) electrons. The summed E-state index contributed by atoms with van der Waals surface area (Å²) in [6.45, 7) is 3.53. The number of ether oxygens (including phenoxy) is 2. The number of unbranched alkanes of at least 4 members (excludes halogenated alkanes) is 7. The van der Waals surface area contributed by atoms with E-state index in [0.717, 1.165) is 25.7 Å². The molecule has 3 N–H and O–H groups in total. The van der Waals surface area contributed by atoms with Crippen LogP contribution >= 0.6 is 7.82 Å². The Morgan fingerprint density at radius 1 is 0.672 bits per heavy atom. The summed E-state index contributed by atoms with van der Waals surface area (Å²) in [7, 11) is 0.903. The van der Waals surface area contributed by atoms with Crippen molar-refractivity contribution in [2.45, 2.75) is 147 Å². The van der Waals surface area contributed by atoms with E-state index in [1.807, 2.05) is 46.3 Å². The minimum Gasteiger partial charge on any atom is -0.756 e. The number of carbonyl (C=O) groups is 2. The van der Waals surface area contributed by atoms with Gasteiger partial charge >= 0.3 is 11.9 Å². The average molecular weight is 878 g/mol. The fraction of sp³-hybridized carbons (Fsp3) is 0.625. The topological polar surface area (TPSA) is 172 Å². The molecule has 0 bridgehead atoms. The van der Waals surface area contributed by atoms with Gasteiger partial charge in [-0.2, -0.15) is 0 Å². The van der Waals surface area contributed by atoms with E-state index in [1.54, 1.807) is 42.5 Å². The van der Waals surface area contributed by atoms with E-state index in [4.69, 9.17) is 18.5 Å². The van der Waals surface area contributed by atoms with Crippen molar-refractivity contribution >= 4 is 19.8 Å². The first-order chi connectivity index (χ1) is 29.2. The Kier molecular flexibility index (Phi) is 36.5. The number of likely N-dealkylation sites (N-methyl/N-ethyl adjacent to an activating group) is 1. The maximum Gasteiger partial charge on any atom is 0.306 e. The molecule has 0 spiro atoms. The van der Waals surface area contributed by atoms with Gasteiger partial charge in [0.15, 0.2) is 6.10 Å². The van der Waals surface area contributed by atoms with E-state index >= 15 is 0 Å². The molecule has 0 heterocycles. The van der Waals surface area contributed by atoms with Crippen LogP contribution in [0, 0.1) is 0 Å². The summed E-state index contributed by atoms with van der Waals surface area (Å²) < 4.78 is 33.5. The SMILES string of the molecule is CC/C=C\C[C@H](O)/C=C/C=C/C=C\C=C/[C@@H](O)[C@H](O)CCCC(=O)O[C@H](COC(=O)CCC/C=C\C/C=C\C/C=C\CCCCCCCC)COP(=O)([O-])OCC[N+](C)(C)C. The zero-order chi connectivity index (χ0) is 45.5. The second kappa shape index (κ2) is 38.5. The Bertz CT molecular complexity index is 1410. The van der Waals surface area contributed by atoms with Crippen LogP contribution in [0.5, 0.6) is 0 Å². The maximum atomic E-state index is 12.7. The van der Waals surface area contributed by atoms with Crippen LogP contribution in [-0.2, 0) is 32.7 Å². The standard InChI is InChI=1S/C48H80NO11P/c1-6-8-10-11-12-13-14-15-16-17-18-19-20-21-22-27-31-37-47(53)57-41-44(42-59-61(55,56)58-40-39-49(3,4)5)60-48(54)38-32-36-46(52)45(51)35-30-26-24-23-25-29-34-43(50)33-28-9-7-2/h9,15-16,18-19,21-26,28-30,34-35,43-46,50-52H,6-8,10-14,17,20,27,31-33,36-42H2,1-5H3/b16-15-,19-18-,22-21-,25-23+,26-24-,28-9-,34-29+,35-30-/t43-,44+,45+,46+/m0/s1. The number of nitrogens with zero attached hydrogens (tertiary/aromatic N) is 1. The lowest BCUT2D eigenvalue weighted by Crippen LogP contribution is -2.37. The van der Waals surface area contributed by atoms with Gasteiger partial charge in [-0.25, -0.2) is 0 Å². The molecule has 13 heteroatoms. The number of aliphatic hydroxyl groups excluding tert-OH is 3. The third-order valence-corrected chi connectivity index (χ3v) is 9.89. The number of aliphatic hydroxyl groups is 3. The molecule has 0 aromatic carbocycles. The molecular formula is C48H80NO11P. The molecule has 0 aromatic rings. The predicted octanol–water partition coefficient (Wildman–Crippen LogP) is 8.85. The normalized spacial score (nSPS) is 16.0. The third kappa shape index (κ3) is 40.6.